The van der Waals surface area contributed by atoms with E-state index in [-0.39, 0.29) is 50.6 Å². The van der Waals surface area contributed by atoms with Crippen molar-refractivity contribution in [3.8, 4) is 0 Å². The number of carboxylic acids is 1. The highest BCUT2D eigenvalue weighted by Crippen LogP contribution is 2.05. The van der Waals surface area contributed by atoms with Gasteiger partial charge in [0.15, 0.2) is 5.96 Å². The topological polar surface area (TPSA) is 331 Å². The number of nitrogens with two attached hydrogens (primary N) is 3. The minimum absolute atomic E-state index is 0.0415. The largest absolute Gasteiger partial charge is 0.481 e. The van der Waals surface area contributed by atoms with Crippen LogP contribution in [0.4, 0.5) is 0 Å². The fourth-order valence-corrected chi connectivity index (χ4v) is 4.08. The van der Waals surface area contributed by atoms with E-state index in [9.17, 15) is 38.4 Å². The van der Waals surface area contributed by atoms with Gasteiger partial charge in [0.2, 0.25) is 41.4 Å². The van der Waals surface area contributed by atoms with Crippen LogP contribution < -0.4 is 54.4 Å². The van der Waals surface area contributed by atoms with E-state index in [4.69, 9.17) is 22.3 Å². The lowest BCUT2D eigenvalue weighted by atomic mass is 10.1. The summed E-state index contributed by atoms with van der Waals surface area (Å²) in [6.45, 7) is -1.28. The molecule has 0 spiro atoms. The van der Waals surface area contributed by atoms with Gasteiger partial charge >= 0.3 is 5.97 Å². The molecule has 0 aromatic rings. The number of carboxylic acid groups (broad SMARTS) is 1. The number of thiol groups is 1. The van der Waals surface area contributed by atoms with Crippen LogP contribution in [0, 0.1) is 0 Å². The molecule has 20 nitrogen and oxygen atoms in total. The maximum atomic E-state index is 13.3. The van der Waals surface area contributed by atoms with Gasteiger partial charge in [0.05, 0.1) is 32.1 Å². The Morgan fingerprint density at radius 3 is 2.00 bits per heavy atom. The third-order valence-electron chi connectivity index (χ3n) is 6.31. The van der Waals surface area contributed by atoms with Crippen LogP contribution >= 0.6 is 12.6 Å². The number of aliphatic imine (C=N–C) groups is 1. The molecule has 4 atom stereocenters. The molecular formula is C25H43N11O9S. The van der Waals surface area contributed by atoms with Gasteiger partial charge in [-0.2, -0.15) is 12.6 Å². The van der Waals surface area contributed by atoms with Crippen LogP contribution in [0.3, 0.4) is 0 Å². The van der Waals surface area contributed by atoms with Crippen LogP contribution in [0.2, 0.25) is 0 Å². The highest BCUT2D eigenvalue weighted by molar-refractivity contribution is 7.80. The third-order valence-corrected chi connectivity index (χ3v) is 6.70. The smallest absolute Gasteiger partial charge is 0.305 e. The maximum Gasteiger partial charge on any atom is 0.305 e. The molecule has 1 heterocycles. The first-order valence-corrected chi connectivity index (χ1v) is 15.0. The fraction of sp³-hybridized carbons (Fsp3) is 0.640. The highest BCUT2D eigenvalue weighted by atomic mass is 32.1. The summed E-state index contributed by atoms with van der Waals surface area (Å²) in [5, 5.41) is 25.9. The predicted molar refractivity (Wildman–Crippen MR) is 166 cm³/mol. The zero-order chi connectivity index (χ0) is 34.6. The van der Waals surface area contributed by atoms with E-state index in [1.165, 1.54) is 0 Å². The average Bonchev–Trinajstić information content (AvgIpc) is 3.00. The lowest BCUT2D eigenvalue weighted by molar-refractivity contribution is -0.140. The van der Waals surface area contributed by atoms with E-state index >= 15 is 0 Å². The number of hydrogen-bond acceptors (Lipinski definition) is 11. The van der Waals surface area contributed by atoms with E-state index in [0.29, 0.717) is 12.8 Å². The molecule has 0 radical (unpaired) electrons. The fourth-order valence-electron chi connectivity index (χ4n) is 3.91. The molecule has 0 unspecified atom stereocenters. The Morgan fingerprint density at radius 2 is 1.41 bits per heavy atom. The lowest BCUT2D eigenvalue weighted by Gasteiger charge is -2.23. The number of nitrogens with zero attached hydrogens (tertiary/aromatic N) is 1. The number of amides is 7. The van der Waals surface area contributed by atoms with Gasteiger partial charge < -0.3 is 59.5 Å². The standard InChI is InChI=1S/C25H43N11O9S/c26-13(12-46)21(42)31-9-17(37)29-6-2-1-4-15-24(45)36-14(5-3-7-30-25(27)28)22(43)32-11-19(39)35-16(8-20(40)41)23(44)33-10-18(38)34-15/h13-16,46H,1-12,26H2,(H,29,37)(H,31,42)(H,32,43)(H,33,44)(H,34,38)(H,35,39)(H,36,45)(H,40,41)(H4,27,28,30)/t13-,14+,15+,16+/m1/s1. The molecule has 0 bridgehead atoms. The van der Waals surface area contributed by atoms with E-state index in [1.807, 2.05) is 0 Å². The number of guanidine groups is 1. The second-order valence-corrected chi connectivity index (χ2v) is 10.5. The molecule has 1 rings (SSSR count). The summed E-state index contributed by atoms with van der Waals surface area (Å²) in [7, 11) is 0. The second kappa shape index (κ2) is 21.1. The van der Waals surface area contributed by atoms with Gasteiger partial charge in [-0.05, 0) is 32.1 Å². The van der Waals surface area contributed by atoms with Gasteiger partial charge in [0.25, 0.3) is 0 Å². The van der Waals surface area contributed by atoms with Crippen molar-refractivity contribution in [3.05, 3.63) is 0 Å². The molecule has 258 valence electrons. The Morgan fingerprint density at radius 1 is 0.848 bits per heavy atom. The summed E-state index contributed by atoms with van der Waals surface area (Å²) in [5.41, 5.74) is 16.2. The normalized spacial score (nSPS) is 20.2. The molecular weight excluding hydrogens is 630 g/mol. The zero-order valence-corrected chi connectivity index (χ0v) is 26.0. The molecule has 0 aliphatic carbocycles. The Labute approximate surface area is 269 Å². The van der Waals surface area contributed by atoms with Crippen LogP contribution in [-0.4, -0.2) is 121 Å². The van der Waals surface area contributed by atoms with Crippen molar-refractivity contribution in [2.45, 2.75) is 62.7 Å². The number of carbonyl (C=O) groups excluding carboxylic acids is 7. The van der Waals surface area contributed by atoms with Gasteiger partial charge in [-0.25, -0.2) is 0 Å². The summed E-state index contributed by atoms with van der Waals surface area (Å²) in [4.78, 5) is 103. The number of hydrogen-bond donors (Lipinski definition) is 12. The van der Waals surface area contributed by atoms with E-state index in [2.05, 4.69) is 54.8 Å². The van der Waals surface area contributed by atoms with Crippen molar-refractivity contribution in [3.63, 3.8) is 0 Å². The molecule has 21 heteroatoms. The molecule has 1 aliphatic heterocycles. The van der Waals surface area contributed by atoms with Gasteiger partial charge in [-0.3, -0.25) is 43.3 Å². The van der Waals surface area contributed by atoms with Crippen LogP contribution in [0.15, 0.2) is 4.99 Å². The molecule has 46 heavy (non-hydrogen) atoms. The van der Waals surface area contributed by atoms with Crippen LogP contribution in [0.1, 0.15) is 38.5 Å². The molecule has 0 saturated carbocycles. The third kappa shape index (κ3) is 16.4. The predicted octanol–water partition coefficient (Wildman–Crippen LogP) is -6.13. The molecule has 14 N–H and O–H groups in total. The molecule has 1 saturated heterocycles. The molecule has 0 aromatic carbocycles. The second-order valence-electron chi connectivity index (χ2n) is 10.1. The molecule has 1 aliphatic rings. The van der Waals surface area contributed by atoms with Crippen molar-refractivity contribution in [1.29, 1.82) is 0 Å². The number of carbonyl (C=O) groups is 8. The minimum atomic E-state index is -1.55. The van der Waals surface area contributed by atoms with E-state index in [1.54, 1.807) is 0 Å². The van der Waals surface area contributed by atoms with Crippen LogP contribution in [0.5, 0.6) is 0 Å². The van der Waals surface area contributed by atoms with E-state index < -0.39 is 91.0 Å². The Bertz CT molecular complexity index is 1150. The summed E-state index contributed by atoms with van der Waals surface area (Å²) in [5.74, 6) is -6.63. The summed E-state index contributed by atoms with van der Waals surface area (Å²) >= 11 is 3.91. The van der Waals surface area contributed by atoms with E-state index in [0.717, 1.165) is 0 Å². The van der Waals surface area contributed by atoms with Gasteiger partial charge in [-0.15, -0.1) is 0 Å². The summed E-state index contributed by atoms with van der Waals surface area (Å²) in [6, 6.07) is -4.77. The number of unbranched alkanes of at least 4 members (excludes halogenated alkanes) is 1. The quantitative estimate of drug-likeness (QED) is 0.0334. The first kappa shape index (κ1) is 39.4. The maximum absolute atomic E-state index is 13.3. The number of rotatable bonds is 15. The molecule has 0 aromatic heterocycles. The monoisotopic (exact) mass is 673 g/mol. The van der Waals surface area contributed by atoms with Crippen molar-refractivity contribution in [2.75, 3.05) is 38.5 Å². The van der Waals surface area contributed by atoms with Crippen LogP contribution in [-0.2, 0) is 38.4 Å². The average molecular weight is 674 g/mol. The first-order chi connectivity index (χ1) is 21.7. The van der Waals surface area contributed by atoms with Gasteiger partial charge in [0, 0.05) is 18.8 Å². The SMILES string of the molecule is NC(N)=NCCC[C@@H]1NC(=O)[C@H](CCCCNC(=O)CNC(=O)[C@H](N)CS)NC(=O)CNC(=O)[C@H](CC(=O)O)NC(=O)CNC1=O. The van der Waals surface area contributed by atoms with Crippen molar-refractivity contribution in [1.82, 2.24) is 37.2 Å². The molecule has 1 fully saturated rings. The Balaban J connectivity index is 2.98. The van der Waals surface area contributed by atoms with Crippen LogP contribution in [0.25, 0.3) is 0 Å². The number of aliphatic carboxylic acids is 1. The summed E-state index contributed by atoms with van der Waals surface area (Å²) < 4.78 is 0. The summed E-state index contributed by atoms with van der Waals surface area (Å²) in [6.07, 6.45) is 0.217. The minimum Gasteiger partial charge on any atom is -0.481 e. The lowest BCUT2D eigenvalue weighted by Crippen LogP contribution is -2.55. The molecule has 7 amide bonds. The van der Waals surface area contributed by atoms with Crippen molar-refractivity contribution < 1.29 is 43.5 Å². The van der Waals surface area contributed by atoms with Gasteiger partial charge in [-0.1, -0.05) is 0 Å². The van der Waals surface area contributed by atoms with Crippen molar-refractivity contribution in [2.24, 2.45) is 22.2 Å². The zero-order valence-electron chi connectivity index (χ0n) is 25.1. The Hall–Kier alpha value is -4.66. The Kier molecular flexibility index (Phi) is 18.1. The number of nitrogens with one attached hydrogen (secondary N) is 7. The van der Waals surface area contributed by atoms with Crippen molar-refractivity contribution >= 4 is 65.9 Å². The highest BCUT2D eigenvalue weighted by Gasteiger charge is 2.29. The van der Waals surface area contributed by atoms with Gasteiger partial charge in [0.1, 0.15) is 18.1 Å². The first-order valence-electron chi connectivity index (χ1n) is 14.4.